The van der Waals surface area contributed by atoms with E-state index in [1.165, 1.54) is 16.4 Å². The fourth-order valence-electron chi connectivity index (χ4n) is 2.74. The normalized spacial score (nSPS) is 13.0. The highest BCUT2D eigenvalue weighted by Gasteiger charge is 2.15. The number of hydrogen-bond acceptors (Lipinski definition) is 7. The molecule has 150 valence electrons. The number of halogens is 1. The van der Waals surface area contributed by atoms with Crippen molar-refractivity contribution in [3.8, 4) is 22.9 Å². The molecule has 0 radical (unpaired) electrons. The summed E-state index contributed by atoms with van der Waals surface area (Å²) in [5.41, 5.74) is 1.42. The number of fused-ring (bicyclic) bond motifs is 1. The highest BCUT2D eigenvalue weighted by atomic mass is 35.5. The van der Waals surface area contributed by atoms with Gasteiger partial charge in [0.1, 0.15) is 0 Å². The molecular formula is C19H18ClN5O3S. The Hall–Kier alpha value is -2.91. The summed E-state index contributed by atoms with van der Waals surface area (Å²) >= 11 is 7.10. The van der Waals surface area contributed by atoms with E-state index in [1.54, 1.807) is 42.5 Å². The van der Waals surface area contributed by atoms with Crippen molar-refractivity contribution in [1.82, 2.24) is 14.9 Å². The van der Waals surface area contributed by atoms with Crippen LogP contribution in [-0.4, -0.2) is 39.7 Å². The maximum absolute atomic E-state index is 12.3. The number of nitrogens with two attached hydrogens (primary N) is 1. The maximum Gasteiger partial charge on any atom is 0.234 e. The number of benzene rings is 2. The Morgan fingerprint density at radius 2 is 1.90 bits per heavy atom. The van der Waals surface area contributed by atoms with Gasteiger partial charge in [0.15, 0.2) is 17.3 Å². The monoisotopic (exact) mass is 431 g/mol. The zero-order valence-corrected chi connectivity index (χ0v) is 16.9. The van der Waals surface area contributed by atoms with Gasteiger partial charge >= 0.3 is 0 Å². The topological polar surface area (TPSA) is 104 Å². The van der Waals surface area contributed by atoms with Crippen LogP contribution in [0.5, 0.6) is 11.5 Å². The van der Waals surface area contributed by atoms with E-state index < -0.39 is 0 Å². The molecule has 0 saturated heterocycles. The number of carbonyl (C=O) groups is 1. The minimum absolute atomic E-state index is 0.129. The molecule has 3 aromatic rings. The summed E-state index contributed by atoms with van der Waals surface area (Å²) < 4.78 is 12.6. The van der Waals surface area contributed by atoms with Crippen molar-refractivity contribution in [2.75, 3.05) is 30.1 Å². The third-order valence-electron chi connectivity index (χ3n) is 4.13. The minimum atomic E-state index is -0.194. The van der Waals surface area contributed by atoms with Crippen LogP contribution in [-0.2, 0) is 4.79 Å². The quantitative estimate of drug-likeness (QED) is 0.472. The molecule has 8 nitrogen and oxygen atoms in total. The third-order valence-corrected chi connectivity index (χ3v) is 5.33. The number of nitrogens with zero attached hydrogens (tertiary/aromatic N) is 3. The molecule has 0 atom stereocenters. The molecule has 10 heteroatoms. The van der Waals surface area contributed by atoms with Gasteiger partial charge in [-0.15, -0.1) is 10.2 Å². The lowest BCUT2D eigenvalue weighted by Gasteiger charge is -2.10. The van der Waals surface area contributed by atoms with Gasteiger partial charge in [0.05, 0.1) is 19.0 Å². The van der Waals surface area contributed by atoms with Crippen LogP contribution < -0.4 is 20.6 Å². The molecule has 1 amide bonds. The Morgan fingerprint density at radius 3 is 2.69 bits per heavy atom. The van der Waals surface area contributed by atoms with Crippen molar-refractivity contribution >= 4 is 35.0 Å². The number of anilines is 1. The van der Waals surface area contributed by atoms with E-state index in [4.69, 9.17) is 26.9 Å². The molecular weight excluding hydrogens is 414 g/mol. The minimum Gasteiger partial charge on any atom is -0.490 e. The summed E-state index contributed by atoms with van der Waals surface area (Å²) in [6.45, 7) is 1.20. The molecule has 0 saturated carbocycles. The molecule has 0 aliphatic carbocycles. The molecule has 4 rings (SSSR count). The zero-order chi connectivity index (χ0) is 20.2. The number of rotatable bonds is 5. The van der Waals surface area contributed by atoms with Gasteiger partial charge in [0.25, 0.3) is 0 Å². The number of amides is 1. The third kappa shape index (κ3) is 4.57. The Balaban J connectivity index is 1.38. The van der Waals surface area contributed by atoms with E-state index in [9.17, 15) is 4.79 Å². The largest absolute Gasteiger partial charge is 0.490 e. The highest BCUT2D eigenvalue weighted by molar-refractivity contribution is 7.99. The van der Waals surface area contributed by atoms with E-state index >= 15 is 0 Å². The summed E-state index contributed by atoms with van der Waals surface area (Å²) in [5.74, 6) is 7.82. The second kappa shape index (κ2) is 8.62. The van der Waals surface area contributed by atoms with Crippen molar-refractivity contribution in [3.63, 3.8) is 0 Å². The van der Waals surface area contributed by atoms with Crippen molar-refractivity contribution in [3.05, 3.63) is 47.5 Å². The lowest BCUT2D eigenvalue weighted by atomic mass is 10.2. The van der Waals surface area contributed by atoms with Crippen LogP contribution in [0.25, 0.3) is 11.4 Å². The van der Waals surface area contributed by atoms with Gasteiger partial charge in [-0.3, -0.25) is 4.79 Å². The number of thioether (sulfide) groups is 1. The second-order valence-corrected chi connectivity index (χ2v) is 7.61. The first-order valence-corrected chi connectivity index (χ1v) is 10.3. The Kier molecular flexibility index (Phi) is 5.77. The van der Waals surface area contributed by atoms with E-state index in [-0.39, 0.29) is 11.7 Å². The molecule has 0 unspecified atom stereocenters. The molecule has 2 aromatic carbocycles. The Bertz CT molecular complexity index is 1030. The molecule has 0 fully saturated rings. The Morgan fingerprint density at radius 1 is 1.14 bits per heavy atom. The zero-order valence-electron chi connectivity index (χ0n) is 15.3. The fourth-order valence-corrected chi connectivity index (χ4v) is 3.52. The van der Waals surface area contributed by atoms with Gasteiger partial charge in [-0.05, 0) is 36.4 Å². The lowest BCUT2D eigenvalue weighted by Crippen LogP contribution is -2.16. The van der Waals surface area contributed by atoms with Crippen molar-refractivity contribution in [2.24, 2.45) is 0 Å². The van der Waals surface area contributed by atoms with Crippen molar-refractivity contribution in [2.45, 2.75) is 11.6 Å². The van der Waals surface area contributed by atoms with Gasteiger partial charge in [-0.25, -0.2) is 4.68 Å². The summed E-state index contributed by atoms with van der Waals surface area (Å²) in [6, 6.07) is 12.4. The van der Waals surface area contributed by atoms with Gasteiger partial charge < -0.3 is 20.6 Å². The van der Waals surface area contributed by atoms with Crippen LogP contribution in [0.3, 0.4) is 0 Å². The van der Waals surface area contributed by atoms with E-state index in [0.29, 0.717) is 46.4 Å². The number of nitrogen functional groups attached to an aromatic ring is 1. The lowest BCUT2D eigenvalue weighted by molar-refractivity contribution is -0.113. The first kappa shape index (κ1) is 19.4. The maximum atomic E-state index is 12.3. The number of aromatic nitrogens is 3. The first-order chi connectivity index (χ1) is 14.1. The van der Waals surface area contributed by atoms with Crippen LogP contribution in [0, 0.1) is 0 Å². The average molecular weight is 432 g/mol. The first-order valence-electron chi connectivity index (χ1n) is 8.89. The van der Waals surface area contributed by atoms with Crippen LogP contribution >= 0.6 is 23.4 Å². The van der Waals surface area contributed by atoms with Gasteiger partial charge in [0, 0.05) is 28.8 Å². The number of nitrogens with one attached hydrogen (secondary N) is 1. The van der Waals surface area contributed by atoms with Crippen LogP contribution in [0.1, 0.15) is 6.42 Å². The average Bonchev–Trinajstić information content (AvgIpc) is 2.93. The van der Waals surface area contributed by atoms with E-state index in [1.807, 2.05) is 0 Å². The van der Waals surface area contributed by atoms with Crippen LogP contribution in [0.4, 0.5) is 5.69 Å². The number of ether oxygens (including phenoxy) is 2. The molecule has 0 bridgehead atoms. The predicted octanol–water partition coefficient (Wildman–Crippen LogP) is 3.20. The summed E-state index contributed by atoms with van der Waals surface area (Å²) in [7, 11) is 0. The van der Waals surface area contributed by atoms with Gasteiger partial charge in [-0.2, -0.15) is 0 Å². The Labute approximate surface area is 176 Å². The second-order valence-electron chi connectivity index (χ2n) is 6.23. The van der Waals surface area contributed by atoms with E-state index in [0.717, 1.165) is 12.0 Å². The summed E-state index contributed by atoms with van der Waals surface area (Å²) in [5, 5.41) is 12.1. The molecule has 1 aromatic heterocycles. The SMILES string of the molecule is Nn1c(SCC(=O)Nc2ccc3c(c2)OCCCO3)nnc1-c1ccc(Cl)cc1. The van der Waals surface area contributed by atoms with Gasteiger partial charge in [-0.1, -0.05) is 23.4 Å². The molecule has 1 aliphatic rings. The molecule has 0 spiro atoms. The highest BCUT2D eigenvalue weighted by Crippen LogP contribution is 2.32. The molecule has 29 heavy (non-hydrogen) atoms. The van der Waals surface area contributed by atoms with Gasteiger partial charge in [0.2, 0.25) is 11.1 Å². The standard InChI is InChI=1S/C19H18ClN5O3S/c20-13-4-2-12(3-5-13)18-23-24-19(25(18)21)29-11-17(26)22-14-6-7-15-16(10-14)28-9-1-8-27-15/h2-7,10H,1,8-9,11,21H2,(H,22,26). The van der Waals surface area contributed by atoms with Crippen LogP contribution in [0.15, 0.2) is 47.6 Å². The number of carbonyl (C=O) groups excluding carboxylic acids is 1. The predicted molar refractivity (Wildman–Crippen MR) is 112 cm³/mol. The smallest absolute Gasteiger partial charge is 0.234 e. The van der Waals surface area contributed by atoms with Crippen LogP contribution in [0.2, 0.25) is 5.02 Å². The fraction of sp³-hybridized carbons (Fsp3) is 0.211. The van der Waals surface area contributed by atoms with Crippen molar-refractivity contribution in [1.29, 1.82) is 0 Å². The molecule has 3 N–H and O–H groups in total. The van der Waals surface area contributed by atoms with Crippen molar-refractivity contribution < 1.29 is 14.3 Å². The molecule has 2 heterocycles. The molecule has 1 aliphatic heterocycles. The number of hydrogen-bond donors (Lipinski definition) is 2. The van der Waals surface area contributed by atoms with E-state index in [2.05, 4.69) is 15.5 Å². The summed E-state index contributed by atoms with van der Waals surface area (Å²) in [6.07, 6.45) is 0.824. The summed E-state index contributed by atoms with van der Waals surface area (Å²) in [4.78, 5) is 12.3.